The molecule has 0 aliphatic carbocycles. The molecule has 0 aliphatic rings. The molecule has 21 heavy (non-hydrogen) atoms. The number of methoxy groups -OCH3 is 1. The number of carbonyl (C=O) groups excluding carboxylic acids is 3. The van der Waals surface area contributed by atoms with Crippen LogP contribution in [0, 0.1) is 0 Å². The van der Waals surface area contributed by atoms with E-state index in [1.54, 1.807) is 5.32 Å². The maximum absolute atomic E-state index is 12.3. The molecule has 1 aromatic heterocycles. The molecular weight excluding hydrogens is 293 g/mol. The van der Waals surface area contributed by atoms with E-state index in [0.717, 1.165) is 13.2 Å². The molecule has 1 rings (SSSR count). The van der Waals surface area contributed by atoms with Crippen LogP contribution in [0.3, 0.4) is 0 Å². The summed E-state index contributed by atoms with van der Waals surface area (Å²) in [5, 5.41) is 1.60. The van der Waals surface area contributed by atoms with Crippen molar-refractivity contribution < 1.29 is 32.3 Å². The summed E-state index contributed by atoms with van der Waals surface area (Å²) < 4.78 is 42.6. The topological polar surface area (TPSA) is 77.4 Å². The molecule has 0 spiro atoms. The molecule has 1 aromatic rings. The van der Waals surface area contributed by atoms with Gasteiger partial charge in [-0.25, -0.2) is 18.0 Å². The molecule has 9 heteroatoms. The standard InChI is InChI=1S/C12H13F3N2O4/c1-17-5-6(12(20)21-2)3-8(17)9(18)11(19)16-7(4-13)10(14)15/h3,5,7,10H,4H2,1-2H3,(H,16,19). The Labute approximate surface area is 117 Å². The van der Waals surface area contributed by atoms with E-state index < -0.39 is 36.8 Å². The van der Waals surface area contributed by atoms with Crippen molar-refractivity contribution in [1.29, 1.82) is 0 Å². The van der Waals surface area contributed by atoms with Gasteiger partial charge >= 0.3 is 5.97 Å². The number of ketones is 1. The highest BCUT2D eigenvalue weighted by molar-refractivity contribution is 6.42. The van der Waals surface area contributed by atoms with Crippen LogP contribution in [0.1, 0.15) is 20.8 Å². The van der Waals surface area contributed by atoms with Crippen molar-refractivity contribution in [2.45, 2.75) is 12.5 Å². The minimum atomic E-state index is -3.13. The average molecular weight is 306 g/mol. The number of aromatic nitrogens is 1. The van der Waals surface area contributed by atoms with E-state index in [2.05, 4.69) is 4.74 Å². The summed E-state index contributed by atoms with van der Waals surface area (Å²) in [5.41, 5.74) is -0.188. The number of halogens is 3. The van der Waals surface area contributed by atoms with Crippen LogP contribution in [0.2, 0.25) is 0 Å². The third kappa shape index (κ3) is 3.83. The Balaban J connectivity index is 2.91. The molecule has 0 fully saturated rings. The van der Waals surface area contributed by atoms with Crippen LogP contribution in [-0.4, -0.2) is 48.5 Å². The number of amides is 1. The number of aryl methyl sites for hydroxylation is 1. The van der Waals surface area contributed by atoms with Gasteiger partial charge in [-0.15, -0.1) is 0 Å². The number of rotatable bonds is 6. The van der Waals surface area contributed by atoms with E-state index in [9.17, 15) is 27.6 Å². The Hall–Kier alpha value is -2.32. The van der Waals surface area contributed by atoms with Gasteiger partial charge in [0, 0.05) is 13.2 Å². The van der Waals surface area contributed by atoms with E-state index in [-0.39, 0.29) is 11.3 Å². The van der Waals surface area contributed by atoms with Crippen molar-refractivity contribution >= 4 is 17.7 Å². The molecule has 1 heterocycles. The first kappa shape index (κ1) is 16.7. The fraction of sp³-hybridized carbons (Fsp3) is 0.417. The number of nitrogens with zero attached hydrogens (tertiary/aromatic N) is 1. The lowest BCUT2D eigenvalue weighted by Gasteiger charge is -2.13. The van der Waals surface area contributed by atoms with Crippen molar-refractivity contribution in [3.05, 3.63) is 23.5 Å². The summed E-state index contributed by atoms with van der Waals surface area (Å²) in [7, 11) is 2.52. The zero-order valence-electron chi connectivity index (χ0n) is 11.2. The monoisotopic (exact) mass is 306 g/mol. The first-order valence-corrected chi connectivity index (χ1v) is 5.75. The molecule has 116 valence electrons. The number of alkyl halides is 3. The third-order valence-corrected chi connectivity index (χ3v) is 2.65. The second-order valence-electron chi connectivity index (χ2n) is 4.11. The molecule has 1 amide bonds. The second kappa shape index (κ2) is 6.91. The lowest BCUT2D eigenvalue weighted by molar-refractivity contribution is -0.119. The Morgan fingerprint density at radius 2 is 2.00 bits per heavy atom. The third-order valence-electron chi connectivity index (χ3n) is 2.65. The quantitative estimate of drug-likeness (QED) is 0.477. The first-order chi connectivity index (χ1) is 9.81. The number of esters is 1. The van der Waals surface area contributed by atoms with Gasteiger partial charge in [-0.2, -0.15) is 0 Å². The highest BCUT2D eigenvalue weighted by Crippen LogP contribution is 2.10. The number of hydrogen-bond donors (Lipinski definition) is 1. The summed E-state index contributed by atoms with van der Waals surface area (Å²) in [4.78, 5) is 34.6. The summed E-state index contributed by atoms with van der Waals surface area (Å²) in [5.74, 6) is -3.26. The second-order valence-corrected chi connectivity index (χ2v) is 4.11. The molecule has 1 N–H and O–H groups in total. The van der Waals surface area contributed by atoms with Gasteiger partial charge in [-0.3, -0.25) is 9.59 Å². The maximum Gasteiger partial charge on any atom is 0.339 e. The Bertz CT molecular complexity index is 557. The molecule has 1 atom stereocenters. The van der Waals surface area contributed by atoms with E-state index in [1.807, 2.05) is 0 Å². The molecule has 0 saturated carbocycles. The van der Waals surface area contributed by atoms with Crippen LogP contribution in [0.4, 0.5) is 13.2 Å². The van der Waals surface area contributed by atoms with Crippen LogP contribution in [0.5, 0.6) is 0 Å². The largest absolute Gasteiger partial charge is 0.465 e. The van der Waals surface area contributed by atoms with E-state index in [4.69, 9.17) is 0 Å². The summed E-state index contributed by atoms with van der Waals surface area (Å²) in [6.07, 6.45) is -1.89. The van der Waals surface area contributed by atoms with Crippen molar-refractivity contribution in [3.8, 4) is 0 Å². The molecule has 0 radical (unpaired) electrons. The summed E-state index contributed by atoms with van der Waals surface area (Å²) in [6, 6.07) is -0.970. The highest BCUT2D eigenvalue weighted by Gasteiger charge is 2.28. The Morgan fingerprint density at radius 1 is 1.38 bits per heavy atom. The van der Waals surface area contributed by atoms with Crippen molar-refractivity contribution in [1.82, 2.24) is 9.88 Å². The molecular formula is C12H13F3N2O4. The summed E-state index contributed by atoms with van der Waals surface area (Å²) >= 11 is 0. The fourth-order valence-electron chi connectivity index (χ4n) is 1.54. The molecule has 1 unspecified atom stereocenters. The Morgan fingerprint density at radius 3 is 2.48 bits per heavy atom. The van der Waals surface area contributed by atoms with Gasteiger partial charge in [0.05, 0.1) is 18.4 Å². The zero-order chi connectivity index (χ0) is 16.2. The van der Waals surface area contributed by atoms with E-state index >= 15 is 0 Å². The van der Waals surface area contributed by atoms with E-state index in [1.165, 1.54) is 17.8 Å². The van der Waals surface area contributed by atoms with Crippen LogP contribution in [-0.2, 0) is 16.6 Å². The van der Waals surface area contributed by atoms with Gasteiger partial charge < -0.3 is 14.6 Å². The van der Waals surface area contributed by atoms with Crippen LogP contribution in [0.15, 0.2) is 12.3 Å². The van der Waals surface area contributed by atoms with Gasteiger partial charge in [0.25, 0.3) is 18.1 Å². The normalized spacial score (nSPS) is 12.1. The highest BCUT2D eigenvalue weighted by atomic mass is 19.3. The predicted molar refractivity (Wildman–Crippen MR) is 65.0 cm³/mol. The molecule has 0 aromatic carbocycles. The lowest BCUT2D eigenvalue weighted by atomic mass is 10.2. The molecule has 0 bridgehead atoms. The average Bonchev–Trinajstić information content (AvgIpc) is 2.84. The number of nitrogens with one attached hydrogen (secondary N) is 1. The minimum Gasteiger partial charge on any atom is -0.465 e. The summed E-state index contributed by atoms with van der Waals surface area (Å²) in [6.45, 7) is -1.50. The van der Waals surface area contributed by atoms with Crippen molar-refractivity contribution in [3.63, 3.8) is 0 Å². The molecule has 6 nitrogen and oxygen atoms in total. The van der Waals surface area contributed by atoms with Crippen LogP contribution in [0.25, 0.3) is 0 Å². The predicted octanol–water partition coefficient (Wildman–Crippen LogP) is 0.714. The van der Waals surface area contributed by atoms with Crippen LogP contribution >= 0.6 is 0 Å². The maximum atomic E-state index is 12.3. The molecule has 0 saturated heterocycles. The number of ether oxygens (including phenoxy) is 1. The smallest absolute Gasteiger partial charge is 0.339 e. The first-order valence-electron chi connectivity index (χ1n) is 5.75. The number of hydrogen-bond acceptors (Lipinski definition) is 4. The van der Waals surface area contributed by atoms with Crippen molar-refractivity contribution in [2.75, 3.05) is 13.8 Å². The lowest BCUT2D eigenvalue weighted by Crippen LogP contribution is -2.45. The fourth-order valence-corrected chi connectivity index (χ4v) is 1.54. The van der Waals surface area contributed by atoms with Gasteiger partial charge in [0.1, 0.15) is 12.7 Å². The van der Waals surface area contributed by atoms with Gasteiger partial charge in [-0.05, 0) is 6.07 Å². The minimum absolute atomic E-state index is 0.0204. The number of carbonyl (C=O) groups is 3. The molecule has 0 aliphatic heterocycles. The van der Waals surface area contributed by atoms with Gasteiger partial charge in [0.2, 0.25) is 0 Å². The van der Waals surface area contributed by atoms with Crippen LogP contribution < -0.4 is 5.32 Å². The number of Topliss-reactive ketones (excluding diaryl/α,β-unsaturated/α-hetero) is 1. The van der Waals surface area contributed by atoms with Crippen molar-refractivity contribution in [2.24, 2.45) is 7.05 Å². The SMILES string of the molecule is COC(=O)c1cc(C(=O)C(=O)NC(CF)C(F)F)n(C)c1. The van der Waals surface area contributed by atoms with Gasteiger partial charge in [0.15, 0.2) is 0 Å². The van der Waals surface area contributed by atoms with Gasteiger partial charge in [-0.1, -0.05) is 0 Å². The Kier molecular flexibility index (Phi) is 5.51. The zero-order valence-corrected chi connectivity index (χ0v) is 11.2. The van der Waals surface area contributed by atoms with E-state index in [0.29, 0.717) is 0 Å².